The summed E-state index contributed by atoms with van der Waals surface area (Å²) in [7, 11) is 0. The summed E-state index contributed by atoms with van der Waals surface area (Å²) >= 11 is 7.67. The van der Waals surface area contributed by atoms with Crippen LogP contribution in [-0.4, -0.2) is 11.8 Å². The van der Waals surface area contributed by atoms with Crippen LogP contribution in [0.2, 0.25) is 5.02 Å². The molecule has 2 N–H and O–H groups in total. The van der Waals surface area contributed by atoms with E-state index in [0.717, 1.165) is 16.1 Å². The van der Waals surface area contributed by atoms with E-state index < -0.39 is 5.25 Å². The zero-order valence-corrected chi connectivity index (χ0v) is 20.0. The monoisotopic (exact) mass is 466 g/mol. The smallest absolute Gasteiger partial charge is 0.242 e. The first-order valence-corrected chi connectivity index (χ1v) is 11.6. The third-order valence-corrected chi connectivity index (χ3v) is 6.15. The molecule has 1 atom stereocenters. The minimum atomic E-state index is -0.464. The summed E-state index contributed by atoms with van der Waals surface area (Å²) < 4.78 is 0. The molecule has 2 amide bonds. The number of halogens is 1. The lowest BCUT2D eigenvalue weighted by Crippen LogP contribution is -2.19. The molecule has 3 rings (SSSR count). The fourth-order valence-electron chi connectivity index (χ4n) is 3.10. The van der Waals surface area contributed by atoms with Gasteiger partial charge in [0, 0.05) is 17.0 Å². The summed E-state index contributed by atoms with van der Waals surface area (Å²) in [4.78, 5) is 26.3. The SMILES string of the molecule is CC(C)(C)CC(=O)Nc1ccc(SC(C(=O)Nc2ccccc2Cl)c2ccccc2)cc1. The number of hydrogen-bond donors (Lipinski definition) is 2. The highest BCUT2D eigenvalue weighted by Gasteiger charge is 2.23. The van der Waals surface area contributed by atoms with E-state index in [2.05, 4.69) is 10.6 Å². The zero-order chi connectivity index (χ0) is 23.1. The number of anilines is 2. The van der Waals surface area contributed by atoms with Gasteiger partial charge in [0.15, 0.2) is 0 Å². The minimum Gasteiger partial charge on any atom is -0.326 e. The summed E-state index contributed by atoms with van der Waals surface area (Å²) in [6.07, 6.45) is 0.446. The number of carbonyl (C=O) groups excluding carboxylic acids is 2. The molecule has 0 aliphatic heterocycles. The Hall–Kier alpha value is -2.76. The topological polar surface area (TPSA) is 58.2 Å². The second-order valence-corrected chi connectivity index (χ2v) is 10.3. The van der Waals surface area contributed by atoms with Crippen molar-refractivity contribution in [3.05, 3.63) is 89.4 Å². The molecule has 3 aromatic rings. The highest BCUT2D eigenvalue weighted by Crippen LogP contribution is 2.37. The first-order valence-electron chi connectivity index (χ1n) is 10.4. The summed E-state index contributed by atoms with van der Waals surface area (Å²) in [6, 6.07) is 24.3. The molecule has 4 nitrogen and oxygen atoms in total. The molecule has 0 aliphatic rings. The molecule has 0 aliphatic carbocycles. The van der Waals surface area contributed by atoms with E-state index in [1.807, 2.05) is 87.5 Å². The van der Waals surface area contributed by atoms with Gasteiger partial charge in [-0.05, 0) is 47.4 Å². The number of nitrogens with one attached hydrogen (secondary N) is 2. The highest BCUT2D eigenvalue weighted by molar-refractivity contribution is 8.00. The Balaban J connectivity index is 1.74. The summed E-state index contributed by atoms with van der Waals surface area (Å²) in [6.45, 7) is 6.09. The molecule has 0 fully saturated rings. The van der Waals surface area contributed by atoms with Crippen LogP contribution in [0.1, 0.15) is 38.0 Å². The van der Waals surface area contributed by atoms with E-state index in [0.29, 0.717) is 17.1 Å². The first-order chi connectivity index (χ1) is 15.2. The average Bonchev–Trinajstić information content (AvgIpc) is 2.74. The number of carbonyl (C=O) groups is 2. The van der Waals surface area contributed by atoms with Crippen LogP contribution in [0.15, 0.2) is 83.8 Å². The van der Waals surface area contributed by atoms with E-state index in [4.69, 9.17) is 11.6 Å². The summed E-state index contributed by atoms with van der Waals surface area (Å²) in [5.74, 6) is -0.170. The Morgan fingerprint density at radius 1 is 0.875 bits per heavy atom. The number of benzene rings is 3. The van der Waals surface area contributed by atoms with Crippen LogP contribution in [0.5, 0.6) is 0 Å². The maximum Gasteiger partial charge on any atom is 0.242 e. The number of hydrogen-bond acceptors (Lipinski definition) is 3. The van der Waals surface area contributed by atoms with E-state index >= 15 is 0 Å². The van der Waals surface area contributed by atoms with Crippen molar-refractivity contribution >= 4 is 46.6 Å². The highest BCUT2D eigenvalue weighted by atomic mass is 35.5. The molecule has 1 unspecified atom stereocenters. The molecule has 166 valence electrons. The molecule has 6 heteroatoms. The lowest BCUT2D eigenvalue weighted by Gasteiger charge is -2.18. The fraction of sp³-hybridized carbons (Fsp3) is 0.231. The molecular weight excluding hydrogens is 440 g/mol. The van der Waals surface area contributed by atoms with E-state index in [1.165, 1.54) is 11.8 Å². The van der Waals surface area contributed by atoms with Gasteiger partial charge in [-0.3, -0.25) is 9.59 Å². The van der Waals surface area contributed by atoms with Crippen LogP contribution in [-0.2, 0) is 9.59 Å². The maximum atomic E-state index is 13.2. The molecule has 0 heterocycles. The number of para-hydroxylation sites is 1. The van der Waals surface area contributed by atoms with Gasteiger partial charge in [0.05, 0.1) is 10.7 Å². The van der Waals surface area contributed by atoms with Crippen molar-refractivity contribution in [2.45, 2.75) is 37.3 Å². The van der Waals surface area contributed by atoms with E-state index in [-0.39, 0.29) is 17.2 Å². The fourth-order valence-corrected chi connectivity index (χ4v) is 4.31. The third kappa shape index (κ3) is 7.14. The standard InChI is InChI=1S/C26H27ClN2O2S/c1-26(2,3)17-23(30)28-19-13-15-20(16-14-19)32-24(18-9-5-4-6-10-18)25(31)29-22-12-8-7-11-21(22)27/h4-16,24H,17H2,1-3H3,(H,28,30)(H,29,31). The van der Waals surface area contributed by atoms with Gasteiger partial charge < -0.3 is 10.6 Å². The van der Waals surface area contributed by atoms with Gasteiger partial charge in [-0.25, -0.2) is 0 Å². The third-order valence-electron chi connectivity index (χ3n) is 4.56. The van der Waals surface area contributed by atoms with Crippen LogP contribution in [0, 0.1) is 5.41 Å². The van der Waals surface area contributed by atoms with Gasteiger partial charge >= 0.3 is 0 Å². The average molecular weight is 467 g/mol. The second kappa shape index (κ2) is 10.7. The summed E-state index contributed by atoms with van der Waals surface area (Å²) in [5, 5.41) is 5.90. The van der Waals surface area contributed by atoms with Crippen molar-refractivity contribution in [1.29, 1.82) is 0 Å². The van der Waals surface area contributed by atoms with Gasteiger partial charge in [0.2, 0.25) is 11.8 Å². The van der Waals surface area contributed by atoms with Crippen LogP contribution < -0.4 is 10.6 Å². The first kappa shape index (κ1) is 23.9. The van der Waals surface area contributed by atoms with Gasteiger partial charge in [-0.1, -0.05) is 74.8 Å². The van der Waals surface area contributed by atoms with Crippen molar-refractivity contribution in [3.63, 3.8) is 0 Å². The lowest BCUT2D eigenvalue weighted by atomic mass is 9.92. The quantitative estimate of drug-likeness (QED) is 0.362. The normalized spacial score (nSPS) is 12.1. The maximum absolute atomic E-state index is 13.2. The Bertz CT molecular complexity index is 1060. The molecule has 3 aromatic carbocycles. The van der Waals surface area contributed by atoms with Crippen molar-refractivity contribution in [3.8, 4) is 0 Å². The molecule has 0 saturated heterocycles. The van der Waals surface area contributed by atoms with Crippen LogP contribution in [0.4, 0.5) is 11.4 Å². The van der Waals surface area contributed by atoms with Crippen LogP contribution in [0.25, 0.3) is 0 Å². The van der Waals surface area contributed by atoms with Gasteiger partial charge in [0.1, 0.15) is 5.25 Å². The number of amides is 2. The van der Waals surface area contributed by atoms with Gasteiger partial charge in [-0.15, -0.1) is 11.8 Å². The van der Waals surface area contributed by atoms with Gasteiger partial charge in [-0.2, -0.15) is 0 Å². The molecule has 0 spiro atoms. The van der Waals surface area contributed by atoms with Crippen molar-refractivity contribution in [2.24, 2.45) is 5.41 Å². The molecular formula is C26H27ClN2O2S. The van der Waals surface area contributed by atoms with Crippen LogP contribution in [0.3, 0.4) is 0 Å². The van der Waals surface area contributed by atoms with E-state index in [9.17, 15) is 9.59 Å². The van der Waals surface area contributed by atoms with Crippen LogP contribution >= 0.6 is 23.4 Å². The van der Waals surface area contributed by atoms with Gasteiger partial charge in [0.25, 0.3) is 0 Å². The second-order valence-electron chi connectivity index (χ2n) is 8.69. The largest absolute Gasteiger partial charge is 0.326 e. The molecule has 0 saturated carbocycles. The lowest BCUT2D eigenvalue weighted by molar-refractivity contribution is -0.118. The van der Waals surface area contributed by atoms with E-state index in [1.54, 1.807) is 12.1 Å². The molecule has 0 aromatic heterocycles. The van der Waals surface area contributed by atoms with Crippen molar-refractivity contribution in [1.82, 2.24) is 0 Å². The Labute approximate surface area is 198 Å². The molecule has 32 heavy (non-hydrogen) atoms. The predicted molar refractivity (Wildman–Crippen MR) is 134 cm³/mol. The number of rotatable bonds is 7. The number of thioether (sulfide) groups is 1. The summed E-state index contributed by atoms with van der Waals surface area (Å²) in [5.41, 5.74) is 2.14. The predicted octanol–water partition coefficient (Wildman–Crippen LogP) is 7.19. The Morgan fingerprint density at radius 3 is 2.12 bits per heavy atom. The minimum absolute atomic E-state index is 0.0146. The molecule has 0 radical (unpaired) electrons. The molecule has 0 bridgehead atoms. The zero-order valence-electron chi connectivity index (χ0n) is 18.4. The van der Waals surface area contributed by atoms with Crippen molar-refractivity contribution < 1.29 is 9.59 Å². The Kier molecular flexibility index (Phi) is 7.99. The Morgan fingerprint density at radius 2 is 1.50 bits per heavy atom. The van der Waals surface area contributed by atoms with Crippen molar-refractivity contribution in [2.75, 3.05) is 10.6 Å².